The van der Waals surface area contributed by atoms with E-state index in [9.17, 15) is 8.78 Å². The molecule has 0 spiro atoms. The lowest BCUT2D eigenvalue weighted by Crippen LogP contribution is -2.21. The molecule has 4 heteroatoms. The molecule has 0 saturated carbocycles. The summed E-state index contributed by atoms with van der Waals surface area (Å²) in [5.74, 6) is -0.976. The second-order valence-electron chi connectivity index (χ2n) is 5.37. The molecule has 1 aromatic heterocycles. The summed E-state index contributed by atoms with van der Waals surface area (Å²) in [5.41, 5.74) is 1.43. The third-order valence-electron chi connectivity index (χ3n) is 3.15. The predicted octanol–water partition coefficient (Wildman–Crippen LogP) is 3.56. The fourth-order valence-corrected chi connectivity index (χ4v) is 2.11. The summed E-state index contributed by atoms with van der Waals surface area (Å²) < 4.78 is 28.8. The average molecular weight is 278 g/mol. The number of nitrogens with one attached hydrogen (secondary N) is 1. The van der Waals surface area contributed by atoms with Gasteiger partial charge in [0.05, 0.1) is 6.54 Å². The van der Waals surface area contributed by atoms with Crippen molar-refractivity contribution in [2.24, 2.45) is 5.92 Å². The molecule has 0 unspecified atom stereocenters. The summed E-state index contributed by atoms with van der Waals surface area (Å²) in [5, 5.41) is 3.35. The lowest BCUT2D eigenvalue weighted by atomic mass is 10.2. The molecular weight excluding hydrogens is 258 g/mol. The van der Waals surface area contributed by atoms with Gasteiger partial charge in [0.15, 0.2) is 11.6 Å². The number of benzene rings is 1. The van der Waals surface area contributed by atoms with Gasteiger partial charge in [-0.1, -0.05) is 26.0 Å². The SMILES string of the molecule is CC(C)CNCc1cccn1Cc1cccc(F)c1F. The van der Waals surface area contributed by atoms with Gasteiger partial charge in [-0.3, -0.25) is 0 Å². The summed E-state index contributed by atoms with van der Waals surface area (Å²) in [6, 6.07) is 8.20. The van der Waals surface area contributed by atoms with Crippen LogP contribution in [0.15, 0.2) is 36.5 Å². The van der Waals surface area contributed by atoms with Gasteiger partial charge in [0.1, 0.15) is 0 Å². The molecule has 0 aliphatic carbocycles. The van der Waals surface area contributed by atoms with E-state index in [1.807, 2.05) is 22.9 Å². The minimum absolute atomic E-state index is 0.343. The Bertz CT molecular complexity index is 561. The molecule has 2 rings (SSSR count). The quantitative estimate of drug-likeness (QED) is 0.855. The Hall–Kier alpha value is -1.68. The molecular formula is C16H20F2N2. The van der Waals surface area contributed by atoms with Gasteiger partial charge in [0, 0.05) is 24.0 Å². The Morgan fingerprint density at radius 2 is 1.95 bits per heavy atom. The van der Waals surface area contributed by atoms with Crippen molar-refractivity contribution in [2.45, 2.75) is 26.9 Å². The smallest absolute Gasteiger partial charge is 0.163 e. The first-order chi connectivity index (χ1) is 9.58. The van der Waals surface area contributed by atoms with Gasteiger partial charge in [-0.2, -0.15) is 0 Å². The van der Waals surface area contributed by atoms with Crippen LogP contribution in [-0.2, 0) is 13.1 Å². The number of rotatable bonds is 6. The normalized spacial score (nSPS) is 11.2. The van der Waals surface area contributed by atoms with Crippen molar-refractivity contribution in [2.75, 3.05) is 6.54 Å². The zero-order valence-electron chi connectivity index (χ0n) is 11.9. The van der Waals surface area contributed by atoms with Crippen LogP contribution in [0.25, 0.3) is 0 Å². The van der Waals surface area contributed by atoms with Crippen molar-refractivity contribution < 1.29 is 8.78 Å². The largest absolute Gasteiger partial charge is 0.346 e. The molecule has 0 atom stereocenters. The second-order valence-corrected chi connectivity index (χ2v) is 5.37. The molecule has 0 radical (unpaired) electrons. The molecule has 1 N–H and O–H groups in total. The van der Waals surface area contributed by atoms with Gasteiger partial charge >= 0.3 is 0 Å². The van der Waals surface area contributed by atoms with Crippen LogP contribution in [0.3, 0.4) is 0 Å². The van der Waals surface area contributed by atoms with Crippen molar-refractivity contribution in [1.82, 2.24) is 9.88 Å². The lowest BCUT2D eigenvalue weighted by molar-refractivity contribution is 0.492. The van der Waals surface area contributed by atoms with E-state index in [1.165, 1.54) is 6.07 Å². The maximum absolute atomic E-state index is 13.7. The van der Waals surface area contributed by atoms with Crippen molar-refractivity contribution in [3.8, 4) is 0 Å². The molecule has 0 fully saturated rings. The van der Waals surface area contributed by atoms with E-state index in [1.54, 1.807) is 6.07 Å². The molecule has 0 bridgehead atoms. The maximum Gasteiger partial charge on any atom is 0.163 e. The van der Waals surface area contributed by atoms with E-state index in [0.29, 0.717) is 18.0 Å². The van der Waals surface area contributed by atoms with Crippen molar-refractivity contribution >= 4 is 0 Å². The van der Waals surface area contributed by atoms with Crippen molar-refractivity contribution in [3.63, 3.8) is 0 Å². The third-order valence-corrected chi connectivity index (χ3v) is 3.15. The summed E-state index contributed by atoms with van der Waals surface area (Å²) >= 11 is 0. The van der Waals surface area contributed by atoms with Gasteiger partial charge in [-0.05, 0) is 30.7 Å². The van der Waals surface area contributed by atoms with Crippen LogP contribution in [0, 0.1) is 17.6 Å². The Balaban J connectivity index is 2.06. The van der Waals surface area contributed by atoms with Gasteiger partial charge in [0.25, 0.3) is 0 Å². The van der Waals surface area contributed by atoms with E-state index >= 15 is 0 Å². The Morgan fingerprint density at radius 1 is 1.15 bits per heavy atom. The first kappa shape index (κ1) is 14.7. The van der Waals surface area contributed by atoms with Crippen LogP contribution < -0.4 is 5.32 Å². The third kappa shape index (κ3) is 3.67. The molecule has 0 aliphatic heterocycles. The number of hydrogen-bond acceptors (Lipinski definition) is 1. The molecule has 2 nitrogen and oxygen atoms in total. The van der Waals surface area contributed by atoms with Gasteiger partial charge in [-0.15, -0.1) is 0 Å². The summed E-state index contributed by atoms with van der Waals surface area (Å²) in [7, 11) is 0. The standard InChI is InChI=1S/C16H20F2N2/c1-12(2)9-19-10-14-6-4-8-20(14)11-13-5-3-7-15(17)16(13)18/h3-8,12,19H,9-11H2,1-2H3. The Kier molecular flexibility index (Phi) is 4.90. The van der Waals surface area contributed by atoms with Crippen LogP contribution in [-0.4, -0.2) is 11.1 Å². The van der Waals surface area contributed by atoms with Gasteiger partial charge in [-0.25, -0.2) is 8.78 Å². The minimum Gasteiger partial charge on any atom is -0.346 e. The highest BCUT2D eigenvalue weighted by molar-refractivity contribution is 5.21. The fourth-order valence-electron chi connectivity index (χ4n) is 2.11. The van der Waals surface area contributed by atoms with Gasteiger partial charge < -0.3 is 9.88 Å². The first-order valence-electron chi connectivity index (χ1n) is 6.85. The highest BCUT2D eigenvalue weighted by Gasteiger charge is 2.09. The molecule has 0 aliphatic rings. The molecule has 0 amide bonds. The zero-order chi connectivity index (χ0) is 14.5. The molecule has 108 valence electrons. The molecule has 20 heavy (non-hydrogen) atoms. The van der Waals surface area contributed by atoms with E-state index in [-0.39, 0.29) is 0 Å². The number of hydrogen-bond donors (Lipinski definition) is 1. The molecule has 1 aromatic carbocycles. The summed E-state index contributed by atoms with van der Waals surface area (Å²) in [6.07, 6.45) is 1.89. The highest BCUT2D eigenvalue weighted by Crippen LogP contribution is 2.14. The fraction of sp³-hybridized carbons (Fsp3) is 0.375. The predicted molar refractivity (Wildman–Crippen MR) is 76.4 cm³/mol. The van der Waals surface area contributed by atoms with Crippen LogP contribution in [0.1, 0.15) is 25.1 Å². The Morgan fingerprint density at radius 3 is 2.70 bits per heavy atom. The summed E-state index contributed by atoms with van der Waals surface area (Å²) in [6.45, 7) is 6.29. The van der Waals surface area contributed by atoms with Crippen molar-refractivity contribution in [3.05, 3.63) is 59.4 Å². The van der Waals surface area contributed by atoms with E-state index < -0.39 is 11.6 Å². The minimum atomic E-state index is -0.797. The van der Waals surface area contributed by atoms with E-state index in [0.717, 1.165) is 24.8 Å². The van der Waals surface area contributed by atoms with E-state index in [2.05, 4.69) is 19.2 Å². The topological polar surface area (TPSA) is 17.0 Å². The molecule has 0 saturated heterocycles. The van der Waals surface area contributed by atoms with Crippen LogP contribution >= 0.6 is 0 Å². The average Bonchev–Trinajstić information content (AvgIpc) is 2.82. The second kappa shape index (κ2) is 6.66. The van der Waals surface area contributed by atoms with Crippen molar-refractivity contribution in [1.29, 1.82) is 0 Å². The van der Waals surface area contributed by atoms with Crippen LogP contribution in [0.4, 0.5) is 8.78 Å². The summed E-state index contributed by atoms with van der Waals surface area (Å²) in [4.78, 5) is 0. The Labute approximate surface area is 118 Å². The number of nitrogens with zero attached hydrogens (tertiary/aromatic N) is 1. The first-order valence-corrected chi connectivity index (χ1v) is 6.85. The monoisotopic (exact) mass is 278 g/mol. The zero-order valence-corrected chi connectivity index (χ0v) is 11.9. The van der Waals surface area contributed by atoms with Crippen LogP contribution in [0.5, 0.6) is 0 Å². The van der Waals surface area contributed by atoms with Gasteiger partial charge in [0.2, 0.25) is 0 Å². The highest BCUT2D eigenvalue weighted by atomic mass is 19.2. The lowest BCUT2D eigenvalue weighted by Gasteiger charge is -2.12. The maximum atomic E-state index is 13.7. The number of halogens is 2. The molecule has 2 aromatic rings. The molecule has 1 heterocycles. The van der Waals surface area contributed by atoms with E-state index in [4.69, 9.17) is 0 Å². The van der Waals surface area contributed by atoms with Crippen LogP contribution in [0.2, 0.25) is 0 Å². The number of aromatic nitrogens is 1.